The van der Waals surface area contributed by atoms with Gasteiger partial charge in [-0.1, -0.05) is 40.7 Å². The van der Waals surface area contributed by atoms with Crippen molar-refractivity contribution in [2.75, 3.05) is 21.5 Å². The van der Waals surface area contributed by atoms with Gasteiger partial charge >= 0.3 is 0 Å². The Balaban J connectivity index is 0.00000155. The number of sulfonamides is 1. The van der Waals surface area contributed by atoms with E-state index in [9.17, 15) is 18.0 Å². The number of rotatable bonds is 5. The fourth-order valence-electron chi connectivity index (χ4n) is 2.81. The highest BCUT2D eigenvalue weighted by atomic mass is 32.2. The van der Waals surface area contributed by atoms with Crippen LogP contribution in [0.2, 0.25) is 0 Å². The number of fused-ring (bicyclic) bond motifs is 1. The summed E-state index contributed by atoms with van der Waals surface area (Å²) >= 11 is 0. The molecular formula is C22H29N3O4S. The van der Waals surface area contributed by atoms with E-state index in [1.807, 2.05) is 34.6 Å². The van der Waals surface area contributed by atoms with Crippen LogP contribution in [0.3, 0.4) is 0 Å². The standard InChI is InChI=1S/C20H23N3O4S.C2H6/c1-20(2,3)19(25)21-15-5-7-16(8-6-15)22-28(26,27)17-9-4-14-10-11-23(13-24)18(14)12-17;1-2/h4-9,12-13,22H,10-11H2,1-3H3,(H,21,25);1-2H3. The normalized spacial score (nSPS) is 13.0. The summed E-state index contributed by atoms with van der Waals surface area (Å²) in [5.74, 6) is -0.126. The maximum absolute atomic E-state index is 12.7. The van der Waals surface area contributed by atoms with Crippen molar-refractivity contribution in [3.05, 3.63) is 48.0 Å². The van der Waals surface area contributed by atoms with E-state index in [1.165, 1.54) is 17.0 Å². The van der Waals surface area contributed by atoms with Crippen molar-refractivity contribution in [3.63, 3.8) is 0 Å². The molecular weight excluding hydrogens is 402 g/mol. The van der Waals surface area contributed by atoms with E-state index >= 15 is 0 Å². The number of anilines is 3. The Hall–Kier alpha value is -2.87. The third kappa shape index (κ3) is 5.38. The zero-order chi connectivity index (χ0) is 22.5. The van der Waals surface area contributed by atoms with Gasteiger partial charge in [0.1, 0.15) is 0 Å². The van der Waals surface area contributed by atoms with Crippen LogP contribution in [0, 0.1) is 5.41 Å². The Morgan fingerprint density at radius 2 is 1.63 bits per heavy atom. The van der Waals surface area contributed by atoms with Crippen molar-refractivity contribution in [2.24, 2.45) is 5.41 Å². The largest absolute Gasteiger partial charge is 0.326 e. The van der Waals surface area contributed by atoms with Gasteiger partial charge in [0.05, 0.1) is 4.90 Å². The summed E-state index contributed by atoms with van der Waals surface area (Å²) < 4.78 is 27.9. The third-order valence-electron chi connectivity index (χ3n) is 4.50. The molecule has 0 saturated carbocycles. The molecule has 1 heterocycles. The average molecular weight is 432 g/mol. The van der Waals surface area contributed by atoms with Crippen molar-refractivity contribution >= 4 is 39.4 Å². The molecule has 1 aliphatic heterocycles. The summed E-state index contributed by atoms with van der Waals surface area (Å²) in [7, 11) is -3.81. The van der Waals surface area contributed by atoms with Gasteiger partial charge in [0.15, 0.2) is 0 Å². The monoisotopic (exact) mass is 431 g/mol. The minimum Gasteiger partial charge on any atom is -0.326 e. The first-order valence-corrected chi connectivity index (χ1v) is 11.4. The minimum atomic E-state index is -3.81. The Morgan fingerprint density at radius 1 is 1.03 bits per heavy atom. The number of nitrogens with zero attached hydrogens (tertiary/aromatic N) is 1. The smallest absolute Gasteiger partial charge is 0.261 e. The van der Waals surface area contributed by atoms with Crippen molar-refractivity contribution in [1.29, 1.82) is 0 Å². The molecule has 2 aromatic carbocycles. The molecule has 0 aromatic heterocycles. The van der Waals surface area contributed by atoms with E-state index in [4.69, 9.17) is 0 Å². The number of carbonyl (C=O) groups excluding carboxylic acids is 2. The molecule has 8 heteroatoms. The number of hydrogen-bond donors (Lipinski definition) is 2. The maximum atomic E-state index is 12.7. The summed E-state index contributed by atoms with van der Waals surface area (Å²) in [5.41, 5.74) is 2.01. The molecule has 0 atom stereocenters. The molecule has 2 aromatic rings. The molecule has 1 aliphatic rings. The van der Waals surface area contributed by atoms with Crippen LogP contribution in [0.4, 0.5) is 17.1 Å². The lowest BCUT2D eigenvalue weighted by molar-refractivity contribution is -0.123. The van der Waals surface area contributed by atoms with Crippen LogP contribution in [0.5, 0.6) is 0 Å². The van der Waals surface area contributed by atoms with Gasteiger partial charge in [-0.25, -0.2) is 8.42 Å². The average Bonchev–Trinajstić information content (AvgIpc) is 3.12. The molecule has 162 valence electrons. The summed E-state index contributed by atoms with van der Waals surface area (Å²) in [4.78, 5) is 24.7. The first-order chi connectivity index (χ1) is 14.1. The highest BCUT2D eigenvalue weighted by Crippen LogP contribution is 2.30. The number of amides is 2. The Kier molecular flexibility index (Phi) is 7.25. The van der Waals surface area contributed by atoms with E-state index in [0.29, 0.717) is 36.4 Å². The number of nitrogens with one attached hydrogen (secondary N) is 2. The molecule has 0 radical (unpaired) electrons. The fourth-order valence-corrected chi connectivity index (χ4v) is 3.89. The minimum absolute atomic E-state index is 0.0881. The quantitative estimate of drug-likeness (QED) is 0.699. The second-order valence-electron chi connectivity index (χ2n) is 7.73. The van der Waals surface area contributed by atoms with Crippen molar-refractivity contribution in [2.45, 2.75) is 45.9 Å². The van der Waals surface area contributed by atoms with E-state index in [0.717, 1.165) is 5.56 Å². The topological polar surface area (TPSA) is 95.6 Å². The van der Waals surface area contributed by atoms with E-state index in [1.54, 1.807) is 30.3 Å². The molecule has 2 amide bonds. The highest BCUT2D eigenvalue weighted by molar-refractivity contribution is 7.92. The fraction of sp³-hybridized carbons (Fsp3) is 0.364. The van der Waals surface area contributed by atoms with Crippen molar-refractivity contribution in [1.82, 2.24) is 0 Å². The van der Waals surface area contributed by atoms with Crippen LogP contribution in [0.15, 0.2) is 47.4 Å². The van der Waals surface area contributed by atoms with Crippen molar-refractivity contribution < 1.29 is 18.0 Å². The lowest BCUT2D eigenvalue weighted by Gasteiger charge is -2.18. The van der Waals surface area contributed by atoms with Gasteiger partial charge < -0.3 is 10.2 Å². The lowest BCUT2D eigenvalue weighted by Crippen LogP contribution is -2.27. The van der Waals surface area contributed by atoms with Gasteiger partial charge in [-0.3, -0.25) is 14.3 Å². The van der Waals surface area contributed by atoms with Gasteiger partial charge in [0, 0.05) is 29.0 Å². The second-order valence-corrected chi connectivity index (χ2v) is 9.41. The summed E-state index contributed by atoms with van der Waals surface area (Å²) in [6.07, 6.45) is 1.42. The van der Waals surface area contributed by atoms with Crippen LogP contribution in [0.25, 0.3) is 0 Å². The molecule has 0 aliphatic carbocycles. The van der Waals surface area contributed by atoms with Gasteiger partial charge in [-0.05, 0) is 48.4 Å². The zero-order valence-corrected chi connectivity index (χ0v) is 18.8. The molecule has 7 nitrogen and oxygen atoms in total. The van der Waals surface area contributed by atoms with Crippen LogP contribution in [0.1, 0.15) is 40.2 Å². The van der Waals surface area contributed by atoms with E-state index in [2.05, 4.69) is 10.0 Å². The molecule has 0 spiro atoms. The molecule has 0 bridgehead atoms. The third-order valence-corrected chi connectivity index (χ3v) is 5.88. The number of benzene rings is 2. The van der Waals surface area contributed by atoms with Crippen LogP contribution in [-0.4, -0.2) is 27.3 Å². The lowest BCUT2D eigenvalue weighted by atomic mass is 9.95. The predicted molar refractivity (Wildman–Crippen MR) is 120 cm³/mol. The Bertz CT molecular complexity index is 1010. The molecule has 0 saturated heterocycles. The first-order valence-electron chi connectivity index (χ1n) is 9.89. The molecule has 30 heavy (non-hydrogen) atoms. The number of hydrogen-bond acceptors (Lipinski definition) is 4. The van der Waals surface area contributed by atoms with E-state index in [-0.39, 0.29) is 10.8 Å². The Labute approximate surface area is 178 Å². The Morgan fingerprint density at radius 3 is 2.20 bits per heavy atom. The zero-order valence-electron chi connectivity index (χ0n) is 18.0. The van der Waals surface area contributed by atoms with Gasteiger partial charge in [-0.2, -0.15) is 0 Å². The molecule has 0 unspecified atom stereocenters. The summed E-state index contributed by atoms with van der Waals surface area (Å²) in [5, 5.41) is 2.79. The van der Waals surface area contributed by atoms with Crippen LogP contribution >= 0.6 is 0 Å². The maximum Gasteiger partial charge on any atom is 0.261 e. The van der Waals surface area contributed by atoms with E-state index < -0.39 is 15.4 Å². The number of carbonyl (C=O) groups is 2. The van der Waals surface area contributed by atoms with Gasteiger partial charge in [0.2, 0.25) is 12.3 Å². The van der Waals surface area contributed by atoms with Crippen molar-refractivity contribution in [3.8, 4) is 0 Å². The highest BCUT2D eigenvalue weighted by Gasteiger charge is 2.23. The molecule has 3 rings (SSSR count). The SMILES string of the molecule is CC.CC(C)(C)C(=O)Nc1ccc(NS(=O)(=O)c2ccc3c(c2)N(C=O)CC3)cc1. The summed E-state index contributed by atoms with van der Waals surface area (Å²) in [6, 6.07) is 11.2. The van der Waals surface area contributed by atoms with Gasteiger partial charge in [-0.15, -0.1) is 0 Å². The first kappa shape index (κ1) is 23.4. The molecule has 2 N–H and O–H groups in total. The van der Waals surface area contributed by atoms with Gasteiger partial charge in [0.25, 0.3) is 10.0 Å². The molecule has 0 fully saturated rings. The van der Waals surface area contributed by atoms with Crippen LogP contribution < -0.4 is 14.9 Å². The predicted octanol–water partition coefficient (Wildman–Crippen LogP) is 4.02. The second kappa shape index (κ2) is 9.30. The summed E-state index contributed by atoms with van der Waals surface area (Å²) in [6.45, 7) is 9.99. The van der Waals surface area contributed by atoms with Crippen LogP contribution in [-0.2, 0) is 26.0 Å².